The van der Waals surface area contributed by atoms with Crippen LogP contribution in [-0.4, -0.2) is 14.5 Å². The second-order valence-corrected chi connectivity index (χ2v) is 8.09. The molecule has 0 fully saturated rings. The number of sulfonamides is 1. The van der Waals surface area contributed by atoms with Crippen molar-refractivity contribution >= 4 is 15.7 Å². The zero-order valence-electron chi connectivity index (χ0n) is 13.0. The van der Waals surface area contributed by atoms with Crippen LogP contribution in [0, 0.1) is 6.92 Å². The van der Waals surface area contributed by atoms with Crippen LogP contribution in [0.25, 0.3) is 0 Å². The lowest BCUT2D eigenvalue weighted by atomic mass is 9.88. The van der Waals surface area contributed by atoms with Crippen LogP contribution in [0.4, 0.5) is 5.69 Å². The predicted molar refractivity (Wildman–Crippen MR) is 92.2 cm³/mol. The summed E-state index contributed by atoms with van der Waals surface area (Å²) in [6.45, 7) is 1.96. The van der Waals surface area contributed by atoms with Crippen molar-refractivity contribution in [2.75, 3.05) is 4.31 Å². The average Bonchev–Trinajstić information content (AvgIpc) is 2.90. The van der Waals surface area contributed by atoms with Crippen molar-refractivity contribution in [3.8, 4) is 0 Å². The highest BCUT2D eigenvalue weighted by Gasteiger charge is 2.44. The number of benzene rings is 2. The van der Waals surface area contributed by atoms with Crippen molar-refractivity contribution in [2.24, 2.45) is 0 Å². The van der Waals surface area contributed by atoms with Gasteiger partial charge in [0.1, 0.15) is 0 Å². The van der Waals surface area contributed by atoms with Crippen LogP contribution in [0.1, 0.15) is 29.9 Å². The van der Waals surface area contributed by atoms with E-state index >= 15 is 0 Å². The zero-order valence-corrected chi connectivity index (χ0v) is 13.8. The van der Waals surface area contributed by atoms with Crippen molar-refractivity contribution in [1.29, 1.82) is 0 Å². The van der Waals surface area contributed by atoms with Crippen LogP contribution < -0.4 is 4.31 Å². The van der Waals surface area contributed by atoms with Gasteiger partial charge in [-0.3, -0.25) is 4.31 Å². The topological polar surface area (TPSA) is 37.4 Å². The number of fused-ring (bicyclic) bond motifs is 3. The van der Waals surface area contributed by atoms with Gasteiger partial charge in [0.2, 0.25) is 0 Å². The molecule has 23 heavy (non-hydrogen) atoms. The number of allylic oxidation sites excluding steroid dienone is 1. The molecule has 0 N–H and O–H groups in total. The molecule has 0 saturated heterocycles. The minimum Gasteiger partial charge on any atom is -0.262 e. The van der Waals surface area contributed by atoms with Gasteiger partial charge in [-0.1, -0.05) is 48.0 Å². The van der Waals surface area contributed by atoms with Crippen LogP contribution in [0.5, 0.6) is 0 Å². The summed E-state index contributed by atoms with van der Waals surface area (Å²) in [4.78, 5) is 0.369. The molecule has 1 aliphatic heterocycles. The Kier molecular flexibility index (Phi) is 3.31. The minimum absolute atomic E-state index is 0.0105. The number of para-hydroxylation sites is 1. The Morgan fingerprint density at radius 1 is 1.04 bits per heavy atom. The molecule has 3 nitrogen and oxygen atoms in total. The Morgan fingerprint density at radius 2 is 1.78 bits per heavy atom. The summed E-state index contributed by atoms with van der Waals surface area (Å²) in [6, 6.07) is 15.0. The molecule has 0 amide bonds. The molecule has 1 aliphatic carbocycles. The first-order valence-corrected chi connectivity index (χ1v) is 9.40. The van der Waals surface area contributed by atoms with Crippen molar-refractivity contribution in [2.45, 2.75) is 36.6 Å². The number of anilines is 1. The summed E-state index contributed by atoms with van der Waals surface area (Å²) in [5.41, 5.74) is 3.00. The van der Waals surface area contributed by atoms with Crippen molar-refractivity contribution in [3.05, 3.63) is 71.8 Å². The highest BCUT2D eigenvalue weighted by atomic mass is 32.2. The maximum absolute atomic E-state index is 13.3. The Balaban J connectivity index is 1.87. The quantitative estimate of drug-likeness (QED) is 0.783. The van der Waals surface area contributed by atoms with Crippen molar-refractivity contribution in [1.82, 2.24) is 0 Å². The lowest BCUT2D eigenvalue weighted by molar-refractivity contribution is 0.544. The van der Waals surface area contributed by atoms with E-state index in [9.17, 15) is 8.42 Å². The SMILES string of the molecule is Cc1ccc(S(=O)(=O)N2c3ccccc3[C@H]3C=CCC[C@H]32)cc1. The first-order valence-electron chi connectivity index (χ1n) is 7.96. The van der Waals surface area contributed by atoms with Gasteiger partial charge >= 0.3 is 0 Å². The predicted octanol–water partition coefficient (Wildman–Crippen LogP) is 4.01. The van der Waals surface area contributed by atoms with E-state index in [-0.39, 0.29) is 12.0 Å². The van der Waals surface area contributed by atoms with Crippen LogP contribution in [-0.2, 0) is 10.0 Å². The van der Waals surface area contributed by atoms with Gasteiger partial charge in [-0.2, -0.15) is 0 Å². The van der Waals surface area contributed by atoms with Crippen molar-refractivity contribution < 1.29 is 8.42 Å². The van der Waals surface area contributed by atoms with Crippen LogP contribution in [0.2, 0.25) is 0 Å². The van der Waals surface area contributed by atoms with Crippen molar-refractivity contribution in [3.63, 3.8) is 0 Å². The smallest absolute Gasteiger partial charge is 0.262 e. The van der Waals surface area contributed by atoms with Gasteiger partial charge in [0, 0.05) is 5.92 Å². The Hall–Kier alpha value is -2.07. The third-order valence-electron chi connectivity index (χ3n) is 4.80. The fourth-order valence-corrected chi connectivity index (χ4v) is 5.40. The van der Waals surface area contributed by atoms with Gasteiger partial charge in [0.05, 0.1) is 16.6 Å². The molecule has 2 aromatic rings. The first kappa shape index (κ1) is 14.5. The number of hydrogen-bond acceptors (Lipinski definition) is 2. The van der Waals surface area contributed by atoms with Crippen LogP contribution in [0.3, 0.4) is 0 Å². The van der Waals surface area contributed by atoms with E-state index in [4.69, 9.17) is 0 Å². The Labute approximate surface area is 137 Å². The standard InChI is InChI=1S/C19H19NO2S/c1-14-10-12-15(13-11-14)23(21,22)20-18-8-4-2-6-16(18)17-7-3-5-9-19(17)20/h2-4,6-8,10-13,17,19H,5,9H2,1H3/t17-,19-/m1/s1. The summed E-state index contributed by atoms with van der Waals surface area (Å²) in [7, 11) is -3.54. The second kappa shape index (κ2) is 5.24. The molecule has 0 saturated carbocycles. The molecule has 0 spiro atoms. The van der Waals surface area contributed by atoms with E-state index in [1.165, 1.54) is 0 Å². The van der Waals surface area contributed by atoms with E-state index in [2.05, 4.69) is 12.2 Å². The highest BCUT2D eigenvalue weighted by molar-refractivity contribution is 7.92. The summed E-state index contributed by atoms with van der Waals surface area (Å²) in [5.74, 6) is 0.167. The molecule has 2 aromatic carbocycles. The van der Waals surface area contributed by atoms with E-state index in [0.717, 1.165) is 29.7 Å². The molecular weight excluding hydrogens is 306 g/mol. The van der Waals surface area contributed by atoms with Crippen LogP contribution in [0.15, 0.2) is 65.6 Å². The third kappa shape index (κ3) is 2.20. The summed E-state index contributed by atoms with van der Waals surface area (Å²) in [6.07, 6.45) is 6.12. The molecule has 0 unspecified atom stereocenters. The molecule has 4 rings (SSSR count). The molecule has 0 radical (unpaired) electrons. The number of hydrogen-bond donors (Lipinski definition) is 0. The highest BCUT2D eigenvalue weighted by Crippen LogP contribution is 2.47. The Bertz CT molecular complexity index is 868. The molecular formula is C19H19NO2S. The van der Waals surface area contributed by atoms with E-state index in [1.807, 2.05) is 43.3 Å². The second-order valence-electron chi connectivity index (χ2n) is 6.27. The molecule has 0 aromatic heterocycles. The number of rotatable bonds is 2. The van der Waals surface area contributed by atoms with Gasteiger partial charge in [-0.15, -0.1) is 0 Å². The number of aryl methyl sites for hydroxylation is 1. The van der Waals surface area contributed by atoms with Crippen LogP contribution >= 0.6 is 0 Å². The van der Waals surface area contributed by atoms with E-state index in [0.29, 0.717) is 4.90 Å². The average molecular weight is 325 g/mol. The fourth-order valence-electron chi connectivity index (χ4n) is 3.67. The van der Waals surface area contributed by atoms with Gasteiger partial charge in [-0.05, 0) is 43.5 Å². The molecule has 0 bridgehead atoms. The number of nitrogens with zero attached hydrogens (tertiary/aromatic N) is 1. The van der Waals surface area contributed by atoms with Gasteiger partial charge < -0.3 is 0 Å². The fraction of sp³-hybridized carbons (Fsp3) is 0.263. The zero-order chi connectivity index (χ0) is 16.0. The largest absolute Gasteiger partial charge is 0.264 e. The molecule has 118 valence electrons. The summed E-state index contributed by atoms with van der Waals surface area (Å²) >= 11 is 0. The summed E-state index contributed by atoms with van der Waals surface area (Å²) < 4.78 is 28.2. The summed E-state index contributed by atoms with van der Waals surface area (Å²) in [5, 5.41) is 0. The monoisotopic (exact) mass is 325 g/mol. The minimum atomic E-state index is -3.54. The molecule has 2 aliphatic rings. The van der Waals surface area contributed by atoms with E-state index in [1.54, 1.807) is 16.4 Å². The Morgan fingerprint density at radius 3 is 2.57 bits per heavy atom. The van der Waals surface area contributed by atoms with E-state index < -0.39 is 10.0 Å². The van der Waals surface area contributed by atoms with Gasteiger partial charge in [0.15, 0.2) is 0 Å². The lowest BCUT2D eigenvalue weighted by Gasteiger charge is -2.30. The van der Waals surface area contributed by atoms with Gasteiger partial charge in [0.25, 0.3) is 10.0 Å². The molecule has 4 heteroatoms. The van der Waals surface area contributed by atoms with Gasteiger partial charge in [-0.25, -0.2) is 8.42 Å². The maximum atomic E-state index is 13.3. The lowest BCUT2D eigenvalue weighted by Crippen LogP contribution is -2.39. The third-order valence-corrected chi connectivity index (χ3v) is 6.65. The first-order chi connectivity index (χ1) is 11.1. The molecule has 2 atom stereocenters. The normalized spacial score (nSPS) is 22.7. The maximum Gasteiger partial charge on any atom is 0.264 e. The molecule has 1 heterocycles.